The lowest BCUT2D eigenvalue weighted by Gasteiger charge is -2.25. The van der Waals surface area contributed by atoms with Crippen LogP contribution in [0, 0.1) is 5.82 Å². The Morgan fingerprint density at radius 3 is 2.70 bits per heavy atom. The zero-order chi connectivity index (χ0) is 19.4. The molecule has 0 aliphatic carbocycles. The van der Waals surface area contributed by atoms with Crippen LogP contribution < -0.4 is 10.6 Å². The number of rotatable bonds is 5. The van der Waals surface area contributed by atoms with E-state index in [0.29, 0.717) is 5.56 Å². The molecule has 0 saturated heterocycles. The van der Waals surface area contributed by atoms with Gasteiger partial charge in [-0.2, -0.15) is 11.3 Å². The SMILES string of the molecule is O=C(NC[C@@](O)(c1ccsc1)c1ccco1)C(=O)Nc1ccc(F)c(Cl)c1. The van der Waals surface area contributed by atoms with Crippen LogP contribution in [0.3, 0.4) is 0 Å². The number of thiophene rings is 1. The number of hydrogen-bond donors (Lipinski definition) is 3. The van der Waals surface area contributed by atoms with E-state index in [0.717, 1.165) is 6.07 Å². The maximum absolute atomic E-state index is 13.2. The molecule has 0 fully saturated rings. The van der Waals surface area contributed by atoms with Gasteiger partial charge in [0.1, 0.15) is 11.6 Å². The number of benzene rings is 1. The summed E-state index contributed by atoms with van der Waals surface area (Å²) in [4.78, 5) is 24.2. The average Bonchev–Trinajstić information content (AvgIpc) is 3.36. The highest BCUT2D eigenvalue weighted by Gasteiger charge is 2.36. The quantitative estimate of drug-likeness (QED) is 0.566. The van der Waals surface area contributed by atoms with Crippen molar-refractivity contribution >= 4 is 40.4 Å². The van der Waals surface area contributed by atoms with Crippen LogP contribution in [-0.4, -0.2) is 23.5 Å². The minimum atomic E-state index is -1.63. The molecule has 3 aromatic rings. The zero-order valence-corrected chi connectivity index (χ0v) is 15.3. The lowest BCUT2D eigenvalue weighted by molar-refractivity contribution is -0.136. The van der Waals surface area contributed by atoms with Gasteiger partial charge in [-0.15, -0.1) is 0 Å². The van der Waals surface area contributed by atoms with Crippen LogP contribution in [0.1, 0.15) is 11.3 Å². The van der Waals surface area contributed by atoms with Crippen molar-refractivity contribution in [3.05, 3.63) is 75.6 Å². The van der Waals surface area contributed by atoms with Gasteiger partial charge < -0.3 is 20.2 Å². The molecule has 0 saturated carbocycles. The first-order valence-electron chi connectivity index (χ1n) is 7.73. The average molecular weight is 409 g/mol. The monoisotopic (exact) mass is 408 g/mol. The number of hydrogen-bond acceptors (Lipinski definition) is 5. The Morgan fingerprint density at radius 1 is 1.26 bits per heavy atom. The molecule has 27 heavy (non-hydrogen) atoms. The maximum atomic E-state index is 13.2. The third kappa shape index (κ3) is 4.19. The van der Waals surface area contributed by atoms with Crippen LogP contribution in [0.15, 0.2) is 57.8 Å². The van der Waals surface area contributed by atoms with Crippen LogP contribution in [0.25, 0.3) is 0 Å². The molecule has 2 aromatic heterocycles. The highest BCUT2D eigenvalue weighted by Crippen LogP contribution is 2.31. The first-order valence-corrected chi connectivity index (χ1v) is 9.05. The van der Waals surface area contributed by atoms with Gasteiger partial charge in [0.25, 0.3) is 0 Å². The van der Waals surface area contributed by atoms with Gasteiger partial charge in [0, 0.05) is 11.3 Å². The number of carbonyl (C=O) groups excluding carboxylic acids is 2. The Bertz CT molecular complexity index is 910. The Hall–Kier alpha value is -2.68. The van der Waals surface area contributed by atoms with Gasteiger partial charge in [-0.1, -0.05) is 11.6 Å². The van der Waals surface area contributed by atoms with Gasteiger partial charge in [0.2, 0.25) is 0 Å². The molecule has 2 amide bonds. The second-order valence-electron chi connectivity index (χ2n) is 5.62. The van der Waals surface area contributed by atoms with Crippen LogP contribution in [0.4, 0.5) is 10.1 Å². The molecule has 9 heteroatoms. The van der Waals surface area contributed by atoms with E-state index in [-0.39, 0.29) is 23.0 Å². The lowest BCUT2D eigenvalue weighted by Crippen LogP contribution is -2.45. The molecule has 1 atom stereocenters. The van der Waals surface area contributed by atoms with Crippen molar-refractivity contribution in [3.8, 4) is 0 Å². The summed E-state index contributed by atoms with van der Waals surface area (Å²) >= 11 is 7.01. The normalized spacial score (nSPS) is 13.0. The van der Waals surface area contributed by atoms with E-state index in [1.807, 2.05) is 0 Å². The summed E-state index contributed by atoms with van der Waals surface area (Å²) in [5.74, 6) is -2.37. The Kier molecular flexibility index (Phi) is 5.59. The zero-order valence-electron chi connectivity index (χ0n) is 13.7. The molecule has 2 heterocycles. The van der Waals surface area contributed by atoms with Crippen molar-refractivity contribution in [2.24, 2.45) is 0 Å². The summed E-state index contributed by atoms with van der Waals surface area (Å²) in [5, 5.41) is 19.0. The second kappa shape index (κ2) is 7.91. The number of furan rings is 1. The maximum Gasteiger partial charge on any atom is 0.313 e. The number of amides is 2. The molecule has 0 aliphatic rings. The van der Waals surface area contributed by atoms with Crippen LogP contribution in [-0.2, 0) is 15.2 Å². The lowest BCUT2D eigenvalue weighted by atomic mass is 9.93. The second-order valence-corrected chi connectivity index (χ2v) is 6.80. The summed E-state index contributed by atoms with van der Waals surface area (Å²) < 4.78 is 18.4. The number of nitrogens with one attached hydrogen (secondary N) is 2. The van der Waals surface area contributed by atoms with Crippen LogP contribution in [0.5, 0.6) is 0 Å². The Balaban J connectivity index is 1.69. The van der Waals surface area contributed by atoms with Crippen molar-refractivity contribution in [2.75, 3.05) is 11.9 Å². The highest BCUT2D eigenvalue weighted by molar-refractivity contribution is 7.08. The fourth-order valence-corrected chi connectivity index (χ4v) is 3.30. The van der Waals surface area contributed by atoms with Crippen molar-refractivity contribution in [1.82, 2.24) is 5.32 Å². The molecule has 0 radical (unpaired) electrons. The van der Waals surface area contributed by atoms with E-state index in [2.05, 4.69) is 10.6 Å². The fraction of sp³-hybridized carbons (Fsp3) is 0.111. The van der Waals surface area contributed by atoms with E-state index in [1.54, 1.807) is 29.0 Å². The molecule has 0 spiro atoms. The van der Waals surface area contributed by atoms with E-state index in [1.165, 1.54) is 29.7 Å². The minimum absolute atomic E-state index is 0.167. The van der Waals surface area contributed by atoms with Crippen molar-refractivity contribution < 1.29 is 23.5 Å². The Morgan fingerprint density at radius 2 is 2.07 bits per heavy atom. The topological polar surface area (TPSA) is 91.6 Å². The number of carbonyl (C=O) groups is 2. The summed E-state index contributed by atoms with van der Waals surface area (Å²) in [5.41, 5.74) is -0.937. The van der Waals surface area contributed by atoms with E-state index < -0.39 is 23.2 Å². The third-order valence-corrected chi connectivity index (χ3v) is 4.79. The van der Waals surface area contributed by atoms with Crippen LogP contribution >= 0.6 is 22.9 Å². The van der Waals surface area contributed by atoms with Gasteiger partial charge in [0.15, 0.2) is 5.60 Å². The number of halogens is 2. The predicted octanol–water partition coefficient (Wildman–Crippen LogP) is 3.12. The molecule has 140 valence electrons. The van der Waals surface area contributed by atoms with Gasteiger partial charge >= 0.3 is 11.8 Å². The van der Waals surface area contributed by atoms with E-state index in [4.69, 9.17) is 16.0 Å². The molecule has 0 bridgehead atoms. The number of anilines is 1. The summed E-state index contributed by atoms with van der Waals surface area (Å²) in [6, 6.07) is 8.41. The number of aliphatic hydroxyl groups is 1. The predicted molar refractivity (Wildman–Crippen MR) is 99.1 cm³/mol. The fourth-order valence-electron chi connectivity index (χ4n) is 2.40. The standard InChI is InChI=1S/C18H14ClFN2O4S/c19-13-8-12(3-4-14(13)20)22-17(24)16(23)21-10-18(25,11-5-7-27-9-11)15-2-1-6-26-15/h1-9,25H,10H2,(H,21,23)(H,22,24)/t18-/m1/s1. The molecule has 3 rings (SSSR count). The van der Waals surface area contributed by atoms with Crippen molar-refractivity contribution in [1.29, 1.82) is 0 Å². The molecule has 0 aliphatic heterocycles. The van der Waals surface area contributed by atoms with E-state index >= 15 is 0 Å². The smallest absolute Gasteiger partial charge is 0.313 e. The minimum Gasteiger partial charge on any atom is -0.466 e. The van der Waals surface area contributed by atoms with Gasteiger partial charge in [-0.3, -0.25) is 9.59 Å². The molecule has 6 nitrogen and oxygen atoms in total. The first kappa shape index (κ1) is 19.1. The van der Waals surface area contributed by atoms with Gasteiger partial charge in [-0.25, -0.2) is 4.39 Å². The van der Waals surface area contributed by atoms with Gasteiger partial charge in [0.05, 0.1) is 17.8 Å². The molecule has 0 unspecified atom stereocenters. The summed E-state index contributed by atoms with van der Waals surface area (Å²) in [7, 11) is 0. The van der Waals surface area contributed by atoms with E-state index in [9.17, 15) is 19.1 Å². The van der Waals surface area contributed by atoms with Crippen molar-refractivity contribution in [2.45, 2.75) is 5.60 Å². The van der Waals surface area contributed by atoms with Crippen molar-refractivity contribution in [3.63, 3.8) is 0 Å². The first-order chi connectivity index (χ1) is 12.9. The third-order valence-electron chi connectivity index (χ3n) is 3.82. The highest BCUT2D eigenvalue weighted by atomic mass is 35.5. The summed E-state index contributed by atoms with van der Waals surface area (Å²) in [6.07, 6.45) is 1.40. The molecular weight excluding hydrogens is 395 g/mol. The molecule has 3 N–H and O–H groups in total. The van der Waals surface area contributed by atoms with Crippen LogP contribution in [0.2, 0.25) is 5.02 Å². The van der Waals surface area contributed by atoms with Gasteiger partial charge in [-0.05, 0) is 47.2 Å². The largest absolute Gasteiger partial charge is 0.466 e. The molecular formula is C18H14ClFN2O4S. The summed E-state index contributed by atoms with van der Waals surface area (Å²) in [6.45, 7) is -0.284. The Labute approximate surface area is 162 Å². The molecule has 1 aromatic carbocycles.